The molecule has 184 valence electrons. The predicted octanol–water partition coefficient (Wildman–Crippen LogP) is 5.10. The second-order valence-corrected chi connectivity index (χ2v) is 9.89. The Morgan fingerprint density at radius 2 is 1.77 bits per heavy atom. The molecule has 0 spiro atoms. The Morgan fingerprint density at radius 1 is 1.06 bits per heavy atom. The molecule has 1 N–H and O–H groups in total. The molecule has 1 fully saturated rings. The van der Waals surface area contributed by atoms with E-state index in [1.54, 1.807) is 25.7 Å². The Kier molecular flexibility index (Phi) is 7.24. The van der Waals surface area contributed by atoms with Gasteiger partial charge in [0.05, 0.1) is 5.52 Å². The third-order valence-corrected chi connectivity index (χ3v) is 6.07. The molecule has 35 heavy (non-hydrogen) atoms. The molecule has 1 saturated heterocycles. The molecule has 0 aliphatic carbocycles. The van der Waals surface area contributed by atoms with Crippen molar-refractivity contribution in [3.8, 4) is 16.9 Å². The van der Waals surface area contributed by atoms with E-state index in [1.807, 2.05) is 24.4 Å². The second-order valence-electron chi connectivity index (χ2n) is 9.89. The van der Waals surface area contributed by atoms with E-state index >= 15 is 0 Å². The van der Waals surface area contributed by atoms with Crippen LogP contribution in [0.3, 0.4) is 0 Å². The molecule has 4 rings (SSSR count). The number of alkyl carbamates (subject to hydrolysis) is 1. The van der Waals surface area contributed by atoms with Gasteiger partial charge in [-0.15, -0.1) is 0 Å². The number of piperidine rings is 1. The summed E-state index contributed by atoms with van der Waals surface area (Å²) in [5, 5.41) is 3.67. The Bertz CT molecular complexity index is 1190. The van der Waals surface area contributed by atoms with E-state index in [2.05, 4.69) is 47.6 Å². The summed E-state index contributed by atoms with van der Waals surface area (Å²) < 4.78 is 11.4. The number of pyridine rings is 1. The van der Waals surface area contributed by atoms with E-state index in [-0.39, 0.29) is 18.6 Å². The van der Waals surface area contributed by atoms with E-state index in [0.717, 1.165) is 46.2 Å². The number of amides is 2. The summed E-state index contributed by atoms with van der Waals surface area (Å²) in [5.41, 5.74) is 3.88. The fourth-order valence-electron chi connectivity index (χ4n) is 4.31. The molecule has 1 aliphatic heterocycles. The van der Waals surface area contributed by atoms with Crippen molar-refractivity contribution in [3.05, 3.63) is 60.3 Å². The lowest BCUT2D eigenvalue weighted by molar-refractivity contribution is -0.132. The first-order chi connectivity index (χ1) is 16.7. The Balaban J connectivity index is 1.28. The number of nitrogens with zero attached hydrogens (tertiary/aromatic N) is 2. The number of fused-ring (bicyclic) bond motifs is 1. The fraction of sp³-hybridized carbons (Fsp3) is 0.393. The number of rotatable bonds is 5. The standard InChI is InChI=1S/C28H33N3O4/c1-19-24(12-9-21-6-5-15-29-26(19)21)20-7-10-22(11-8-20)34-23-13-16-31(17-14-23)25(32)18-30-27(33)35-28(2,3)4/h5-12,15,23H,13-14,16-18H2,1-4H3,(H,30,33). The molecular formula is C28H33N3O4. The summed E-state index contributed by atoms with van der Waals surface area (Å²) >= 11 is 0. The van der Waals surface area contributed by atoms with Gasteiger partial charge in [-0.2, -0.15) is 0 Å². The van der Waals surface area contributed by atoms with E-state index < -0.39 is 11.7 Å². The summed E-state index contributed by atoms with van der Waals surface area (Å²) in [7, 11) is 0. The van der Waals surface area contributed by atoms with Gasteiger partial charge in [-0.05, 0) is 62.6 Å². The van der Waals surface area contributed by atoms with Crippen molar-refractivity contribution in [2.75, 3.05) is 19.6 Å². The molecule has 2 amide bonds. The van der Waals surface area contributed by atoms with Crippen molar-refractivity contribution in [1.29, 1.82) is 0 Å². The van der Waals surface area contributed by atoms with Crippen LogP contribution in [0.5, 0.6) is 5.75 Å². The number of aryl methyl sites for hydroxylation is 1. The maximum absolute atomic E-state index is 12.4. The van der Waals surface area contributed by atoms with Gasteiger partial charge in [0.15, 0.2) is 0 Å². The number of ether oxygens (including phenoxy) is 2. The minimum Gasteiger partial charge on any atom is -0.490 e. The quantitative estimate of drug-likeness (QED) is 0.555. The highest BCUT2D eigenvalue weighted by Gasteiger charge is 2.25. The lowest BCUT2D eigenvalue weighted by Crippen LogP contribution is -2.46. The zero-order valence-corrected chi connectivity index (χ0v) is 20.8. The van der Waals surface area contributed by atoms with Crippen LogP contribution in [0.25, 0.3) is 22.0 Å². The summed E-state index contributed by atoms with van der Waals surface area (Å²) in [6.45, 7) is 8.60. The molecule has 2 heterocycles. The van der Waals surface area contributed by atoms with Gasteiger partial charge in [0.1, 0.15) is 24.0 Å². The first kappa shape index (κ1) is 24.5. The molecule has 0 bridgehead atoms. The van der Waals surface area contributed by atoms with Crippen molar-refractivity contribution in [2.45, 2.75) is 52.2 Å². The van der Waals surface area contributed by atoms with E-state index in [9.17, 15) is 9.59 Å². The number of carbonyl (C=O) groups is 2. The van der Waals surface area contributed by atoms with Crippen LogP contribution in [0, 0.1) is 6.92 Å². The van der Waals surface area contributed by atoms with Gasteiger partial charge in [0.2, 0.25) is 5.91 Å². The number of aromatic nitrogens is 1. The van der Waals surface area contributed by atoms with E-state index in [1.165, 1.54) is 0 Å². The average Bonchev–Trinajstić information content (AvgIpc) is 2.83. The largest absolute Gasteiger partial charge is 0.490 e. The third-order valence-electron chi connectivity index (χ3n) is 6.07. The van der Waals surface area contributed by atoms with Crippen molar-refractivity contribution >= 4 is 22.9 Å². The van der Waals surface area contributed by atoms with Gasteiger partial charge < -0.3 is 19.7 Å². The van der Waals surface area contributed by atoms with E-state index in [0.29, 0.717) is 13.1 Å². The third kappa shape index (κ3) is 6.29. The molecule has 0 unspecified atom stereocenters. The van der Waals surface area contributed by atoms with Crippen LogP contribution < -0.4 is 10.1 Å². The maximum Gasteiger partial charge on any atom is 0.408 e. The van der Waals surface area contributed by atoms with Crippen LogP contribution in [0.1, 0.15) is 39.2 Å². The van der Waals surface area contributed by atoms with Crippen molar-refractivity contribution in [1.82, 2.24) is 15.2 Å². The highest BCUT2D eigenvalue weighted by molar-refractivity contribution is 5.88. The topological polar surface area (TPSA) is 80.8 Å². The highest BCUT2D eigenvalue weighted by Crippen LogP contribution is 2.30. The van der Waals surface area contributed by atoms with E-state index in [4.69, 9.17) is 9.47 Å². The molecule has 0 radical (unpaired) electrons. The molecule has 2 aromatic carbocycles. The monoisotopic (exact) mass is 475 g/mol. The lowest BCUT2D eigenvalue weighted by Gasteiger charge is -2.32. The van der Waals surface area contributed by atoms with Gasteiger partial charge in [0.25, 0.3) is 0 Å². The Labute approximate surface area is 206 Å². The molecule has 0 saturated carbocycles. The number of benzene rings is 2. The van der Waals surface area contributed by atoms with Gasteiger partial charge >= 0.3 is 6.09 Å². The molecule has 0 atom stereocenters. The Morgan fingerprint density at radius 3 is 2.46 bits per heavy atom. The predicted molar refractivity (Wildman–Crippen MR) is 136 cm³/mol. The zero-order chi connectivity index (χ0) is 25.0. The first-order valence-corrected chi connectivity index (χ1v) is 12.1. The molecular weight excluding hydrogens is 442 g/mol. The lowest BCUT2D eigenvalue weighted by atomic mass is 9.98. The normalized spacial score (nSPS) is 14.6. The van der Waals surface area contributed by atoms with Crippen LogP contribution in [-0.4, -0.2) is 53.2 Å². The summed E-state index contributed by atoms with van der Waals surface area (Å²) in [6, 6.07) is 16.4. The molecule has 3 aromatic rings. The molecule has 7 heteroatoms. The number of hydrogen-bond acceptors (Lipinski definition) is 5. The van der Waals surface area contributed by atoms with Crippen molar-refractivity contribution in [3.63, 3.8) is 0 Å². The number of nitrogens with one attached hydrogen (secondary N) is 1. The van der Waals surface area contributed by atoms with Gasteiger partial charge in [-0.3, -0.25) is 9.78 Å². The fourth-order valence-corrected chi connectivity index (χ4v) is 4.31. The summed E-state index contributed by atoms with van der Waals surface area (Å²) in [4.78, 5) is 30.5. The minimum absolute atomic E-state index is 0.0512. The van der Waals surface area contributed by atoms with Gasteiger partial charge in [-0.25, -0.2) is 4.79 Å². The zero-order valence-electron chi connectivity index (χ0n) is 20.8. The van der Waals surface area contributed by atoms with Crippen molar-refractivity contribution in [2.24, 2.45) is 0 Å². The number of likely N-dealkylation sites (tertiary alicyclic amines) is 1. The van der Waals surface area contributed by atoms with Crippen LogP contribution in [0.4, 0.5) is 4.79 Å². The first-order valence-electron chi connectivity index (χ1n) is 12.1. The van der Waals surface area contributed by atoms with Crippen LogP contribution >= 0.6 is 0 Å². The van der Waals surface area contributed by atoms with Crippen LogP contribution in [0.2, 0.25) is 0 Å². The molecule has 1 aromatic heterocycles. The minimum atomic E-state index is -0.591. The molecule has 7 nitrogen and oxygen atoms in total. The maximum atomic E-state index is 12.4. The number of hydrogen-bond donors (Lipinski definition) is 1. The molecule has 1 aliphatic rings. The van der Waals surface area contributed by atoms with Gasteiger partial charge in [-0.1, -0.05) is 30.3 Å². The smallest absolute Gasteiger partial charge is 0.408 e. The van der Waals surface area contributed by atoms with Crippen molar-refractivity contribution < 1.29 is 19.1 Å². The van der Waals surface area contributed by atoms with Crippen LogP contribution in [-0.2, 0) is 9.53 Å². The van der Waals surface area contributed by atoms with Gasteiger partial charge in [0, 0.05) is 37.5 Å². The summed E-state index contributed by atoms with van der Waals surface area (Å²) in [5.74, 6) is 0.709. The van der Waals surface area contributed by atoms with Crippen LogP contribution in [0.15, 0.2) is 54.7 Å². The number of carbonyl (C=O) groups excluding carboxylic acids is 2. The Hall–Kier alpha value is -3.61. The second kappa shape index (κ2) is 10.3. The highest BCUT2D eigenvalue weighted by atomic mass is 16.6. The SMILES string of the molecule is Cc1c(-c2ccc(OC3CCN(C(=O)CNC(=O)OC(C)(C)C)CC3)cc2)ccc2cccnc12. The summed E-state index contributed by atoms with van der Waals surface area (Å²) in [6.07, 6.45) is 2.79. The average molecular weight is 476 g/mol.